The maximum Gasteiger partial charge on any atom is 0.384 e. The van der Waals surface area contributed by atoms with Crippen LogP contribution >= 0.6 is 0 Å². The SMILES string of the molecule is CCOC(=O)C#CC(O)c1cccc(F)c1F. The molecule has 0 spiro atoms. The first kappa shape index (κ1) is 13.1. The molecule has 0 saturated heterocycles. The monoisotopic (exact) mass is 240 g/mol. The molecule has 0 heterocycles. The van der Waals surface area contributed by atoms with E-state index in [0.29, 0.717) is 0 Å². The van der Waals surface area contributed by atoms with Crippen molar-refractivity contribution < 1.29 is 23.4 Å². The number of hydrogen-bond acceptors (Lipinski definition) is 3. The normalized spacial score (nSPS) is 11.3. The average Bonchev–Trinajstić information content (AvgIpc) is 2.30. The first-order valence-electron chi connectivity index (χ1n) is 4.86. The second-order valence-electron chi connectivity index (χ2n) is 3.04. The molecule has 5 heteroatoms. The molecular weight excluding hydrogens is 230 g/mol. The van der Waals surface area contributed by atoms with E-state index in [0.717, 1.165) is 6.07 Å². The first-order chi connectivity index (χ1) is 8.06. The molecule has 1 unspecified atom stereocenters. The van der Waals surface area contributed by atoms with Gasteiger partial charge in [0.05, 0.1) is 6.61 Å². The Labute approximate surface area is 97.0 Å². The van der Waals surface area contributed by atoms with Gasteiger partial charge in [-0.3, -0.25) is 0 Å². The predicted molar refractivity (Wildman–Crippen MR) is 55.7 cm³/mol. The van der Waals surface area contributed by atoms with Crippen molar-refractivity contribution in [2.24, 2.45) is 0 Å². The van der Waals surface area contributed by atoms with Crippen molar-refractivity contribution in [2.45, 2.75) is 13.0 Å². The van der Waals surface area contributed by atoms with E-state index < -0.39 is 23.7 Å². The van der Waals surface area contributed by atoms with Gasteiger partial charge in [-0.25, -0.2) is 13.6 Å². The summed E-state index contributed by atoms with van der Waals surface area (Å²) in [6.45, 7) is 1.75. The van der Waals surface area contributed by atoms with Gasteiger partial charge in [-0.1, -0.05) is 18.1 Å². The van der Waals surface area contributed by atoms with Gasteiger partial charge >= 0.3 is 5.97 Å². The smallest absolute Gasteiger partial charge is 0.384 e. The van der Waals surface area contributed by atoms with Gasteiger partial charge in [-0.05, 0) is 13.0 Å². The van der Waals surface area contributed by atoms with Crippen LogP contribution in [-0.4, -0.2) is 17.7 Å². The van der Waals surface area contributed by atoms with Crippen LogP contribution in [0, 0.1) is 23.5 Å². The molecule has 1 rings (SSSR count). The molecule has 0 aliphatic rings. The molecule has 1 N–H and O–H groups in total. The Balaban J connectivity index is 2.86. The van der Waals surface area contributed by atoms with Crippen molar-refractivity contribution >= 4 is 5.97 Å². The molecule has 1 aromatic carbocycles. The van der Waals surface area contributed by atoms with Crippen molar-refractivity contribution in [3.63, 3.8) is 0 Å². The number of esters is 1. The molecule has 1 atom stereocenters. The molecule has 0 aromatic heterocycles. The van der Waals surface area contributed by atoms with E-state index >= 15 is 0 Å². The summed E-state index contributed by atoms with van der Waals surface area (Å²) in [4.78, 5) is 10.9. The molecule has 0 saturated carbocycles. The van der Waals surface area contributed by atoms with E-state index in [2.05, 4.69) is 10.7 Å². The lowest BCUT2D eigenvalue weighted by Crippen LogP contribution is -2.03. The quantitative estimate of drug-likeness (QED) is 0.485. The summed E-state index contributed by atoms with van der Waals surface area (Å²) in [5.74, 6) is 0.958. The van der Waals surface area contributed by atoms with Crippen LogP contribution in [0.2, 0.25) is 0 Å². The van der Waals surface area contributed by atoms with E-state index in [-0.39, 0.29) is 12.2 Å². The highest BCUT2D eigenvalue weighted by molar-refractivity contribution is 5.88. The second kappa shape index (κ2) is 5.97. The number of aliphatic hydroxyl groups excluding tert-OH is 1. The van der Waals surface area contributed by atoms with E-state index in [1.54, 1.807) is 6.92 Å². The highest BCUT2D eigenvalue weighted by atomic mass is 19.2. The molecule has 0 fully saturated rings. The Morgan fingerprint density at radius 2 is 2.24 bits per heavy atom. The van der Waals surface area contributed by atoms with E-state index in [9.17, 15) is 18.7 Å². The number of halogens is 2. The summed E-state index contributed by atoms with van der Waals surface area (Å²) < 4.78 is 30.5. The summed E-state index contributed by atoms with van der Waals surface area (Å²) in [5.41, 5.74) is -0.318. The molecule has 1 aromatic rings. The highest BCUT2D eigenvalue weighted by Crippen LogP contribution is 2.18. The van der Waals surface area contributed by atoms with Gasteiger partial charge in [-0.15, -0.1) is 0 Å². The van der Waals surface area contributed by atoms with Crippen molar-refractivity contribution in [1.82, 2.24) is 0 Å². The minimum Gasteiger partial charge on any atom is -0.456 e. The van der Waals surface area contributed by atoms with Crippen LogP contribution in [0.25, 0.3) is 0 Å². The Kier molecular flexibility index (Phi) is 4.61. The zero-order chi connectivity index (χ0) is 12.8. The van der Waals surface area contributed by atoms with Gasteiger partial charge in [0.25, 0.3) is 0 Å². The van der Waals surface area contributed by atoms with Crippen LogP contribution in [0.3, 0.4) is 0 Å². The second-order valence-corrected chi connectivity index (χ2v) is 3.04. The lowest BCUT2D eigenvalue weighted by molar-refractivity contribution is -0.136. The standard InChI is InChI=1S/C12H10F2O3/c1-2-17-11(16)7-6-10(15)8-4-3-5-9(13)12(8)14/h3-5,10,15H,2H2,1H3. The van der Waals surface area contributed by atoms with Crippen LogP contribution in [0.15, 0.2) is 18.2 Å². The van der Waals surface area contributed by atoms with Crippen LogP contribution < -0.4 is 0 Å². The maximum absolute atomic E-state index is 13.2. The fourth-order valence-corrected chi connectivity index (χ4v) is 1.10. The van der Waals surface area contributed by atoms with Crippen molar-refractivity contribution in [3.8, 4) is 11.8 Å². The summed E-state index contributed by atoms with van der Waals surface area (Å²) in [6.07, 6.45) is -1.57. The van der Waals surface area contributed by atoms with Crippen LogP contribution in [0.4, 0.5) is 8.78 Å². The zero-order valence-corrected chi connectivity index (χ0v) is 9.04. The number of hydrogen-bond donors (Lipinski definition) is 1. The minimum atomic E-state index is -1.57. The summed E-state index contributed by atoms with van der Waals surface area (Å²) in [7, 11) is 0. The van der Waals surface area contributed by atoms with Crippen LogP contribution in [-0.2, 0) is 9.53 Å². The molecule has 3 nitrogen and oxygen atoms in total. The maximum atomic E-state index is 13.2. The highest BCUT2D eigenvalue weighted by Gasteiger charge is 2.13. The largest absolute Gasteiger partial charge is 0.456 e. The summed E-state index contributed by atoms with van der Waals surface area (Å²) >= 11 is 0. The van der Waals surface area contributed by atoms with E-state index in [1.807, 2.05) is 5.92 Å². The van der Waals surface area contributed by atoms with Crippen molar-refractivity contribution in [3.05, 3.63) is 35.4 Å². The van der Waals surface area contributed by atoms with Gasteiger partial charge in [0.15, 0.2) is 11.6 Å². The summed E-state index contributed by atoms with van der Waals surface area (Å²) in [5, 5.41) is 9.45. The Morgan fingerprint density at radius 1 is 1.53 bits per heavy atom. The van der Waals surface area contributed by atoms with Gasteiger partial charge in [0.1, 0.15) is 6.10 Å². The lowest BCUT2D eigenvalue weighted by atomic mass is 10.1. The van der Waals surface area contributed by atoms with Gasteiger partial charge < -0.3 is 9.84 Å². The molecular formula is C12H10F2O3. The van der Waals surface area contributed by atoms with Crippen LogP contribution in [0.1, 0.15) is 18.6 Å². The third kappa shape index (κ3) is 3.54. The molecule has 90 valence electrons. The molecule has 17 heavy (non-hydrogen) atoms. The topological polar surface area (TPSA) is 46.5 Å². The number of carbonyl (C=O) groups is 1. The number of aliphatic hydroxyl groups is 1. The molecule has 0 aliphatic carbocycles. The molecule has 0 radical (unpaired) electrons. The summed E-state index contributed by atoms with van der Waals surface area (Å²) in [6, 6.07) is 3.34. The fraction of sp³-hybridized carbons (Fsp3) is 0.250. The van der Waals surface area contributed by atoms with E-state index in [1.165, 1.54) is 12.1 Å². The number of rotatable bonds is 2. The first-order valence-corrected chi connectivity index (χ1v) is 4.86. The van der Waals surface area contributed by atoms with Crippen LogP contribution in [0.5, 0.6) is 0 Å². The predicted octanol–water partition coefficient (Wildman–Crippen LogP) is 1.56. The van der Waals surface area contributed by atoms with Crippen molar-refractivity contribution in [1.29, 1.82) is 0 Å². The van der Waals surface area contributed by atoms with Gasteiger partial charge in [0.2, 0.25) is 0 Å². The van der Waals surface area contributed by atoms with Crippen molar-refractivity contribution in [2.75, 3.05) is 6.61 Å². The zero-order valence-electron chi connectivity index (χ0n) is 9.04. The lowest BCUT2D eigenvalue weighted by Gasteiger charge is -2.05. The van der Waals surface area contributed by atoms with E-state index in [4.69, 9.17) is 0 Å². The van der Waals surface area contributed by atoms with Gasteiger partial charge in [-0.2, -0.15) is 0 Å². The van der Waals surface area contributed by atoms with Gasteiger partial charge in [0, 0.05) is 11.5 Å². The molecule has 0 amide bonds. The number of benzene rings is 1. The minimum absolute atomic E-state index is 0.151. The average molecular weight is 240 g/mol. The number of ether oxygens (including phenoxy) is 1. The fourth-order valence-electron chi connectivity index (χ4n) is 1.10. The molecule has 0 aliphatic heterocycles. The molecule has 0 bridgehead atoms. The third-order valence-electron chi connectivity index (χ3n) is 1.86. The number of carbonyl (C=O) groups excluding carboxylic acids is 1. The Morgan fingerprint density at radius 3 is 2.88 bits per heavy atom. The Hall–Kier alpha value is -1.93. The Bertz CT molecular complexity index is 474. The third-order valence-corrected chi connectivity index (χ3v) is 1.86.